The van der Waals surface area contributed by atoms with E-state index in [1.54, 1.807) is 12.1 Å². The third-order valence-electron chi connectivity index (χ3n) is 3.90. The van der Waals surface area contributed by atoms with Crippen LogP contribution in [0.1, 0.15) is 5.56 Å². The van der Waals surface area contributed by atoms with Gasteiger partial charge in [0.2, 0.25) is 0 Å². The highest BCUT2D eigenvalue weighted by atomic mass is 79.9. The van der Waals surface area contributed by atoms with E-state index in [2.05, 4.69) is 15.9 Å². The van der Waals surface area contributed by atoms with Gasteiger partial charge in [-0.2, -0.15) is 0 Å². The van der Waals surface area contributed by atoms with Crippen molar-refractivity contribution in [1.82, 2.24) is 0 Å². The second-order valence-electron chi connectivity index (χ2n) is 5.27. The molecule has 0 saturated heterocycles. The lowest BCUT2D eigenvalue weighted by Crippen LogP contribution is -2.26. The van der Waals surface area contributed by atoms with Crippen molar-refractivity contribution >= 4 is 42.4 Å². The summed E-state index contributed by atoms with van der Waals surface area (Å²) in [6.45, 7) is 0.329. The zero-order valence-corrected chi connectivity index (χ0v) is 13.9. The zero-order chi connectivity index (χ0) is 15.3. The van der Waals surface area contributed by atoms with Gasteiger partial charge in [0.1, 0.15) is 0 Å². The third-order valence-corrected chi connectivity index (χ3v) is 6.19. The van der Waals surface area contributed by atoms with Crippen molar-refractivity contribution in [3.05, 3.63) is 70.7 Å². The van der Waals surface area contributed by atoms with Crippen LogP contribution in [0.3, 0.4) is 0 Å². The highest BCUT2D eigenvalue weighted by molar-refractivity contribution is 9.10. The van der Waals surface area contributed by atoms with Crippen molar-refractivity contribution in [3.63, 3.8) is 0 Å². The van der Waals surface area contributed by atoms with E-state index in [4.69, 9.17) is 0 Å². The minimum atomic E-state index is -3.49. The van der Waals surface area contributed by atoms with E-state index in [1.807, 2.05) is 48.5 Å². The Bertz CT molecular complexity index is 993. The smallest absolute Gasteiger partial charge is 0.261 e. The van der Waals surface area contributed by atoms with Gasteiger partial charge in [-0.05, 0) is 35.2 Å². The first-order valence-corrected chi connectivity index (χ1v) is 9.09. The molecule has 0 amide bonds. The molecule has 0 saturated carbocycles. The van der Waals surface area contributed by atoms with E-state index < -0.39 is 10.0 Å². The van der Waals surface area contributed by atoms with E-state index in [-0.39, 0.29) is 0 Å². The Hall–Kier alpha value is -1.85. The number of nitrogens with zero attached hydrogens (tertiary/aromatic N) is 1. The van der Waals surface area contributed by atoms with Gasteiger partial charge in [0, 0.05) is 9.86 Å². The first-order valence-electron chi connectivity index (χ1n) is 6.86. The lowest BCUT2D eigenvalue weighted by atomic mass is 10.1. The topological polar surface area (TPSA) is 37.4 Å². The highest BCUT2D eigenvalue weighted by Gasteiger charge is 2.35. The van der Waals surface area contributed by atoms with Crippen LogP contribution in [0, 0.1) is 0 Å². The highest BCUT2D eigenvalue weighted by Crippen LogP contribution is 2.42. The largest absolute Gasteiger partial charge is 0.265 e. The maximum atomic E-state index is 12.9. The summed E-state index contributed by atoms with van der Waals surface area (Å²) >= 11 is 3.43. The van der Waals surface area contributed by atoms with Gasteiger partial charge in [0.05, 0.1) is 17.1 Å². The lowest BCUT2D eigenvalue weighted by molar-refractivity contribution is 0.593. The minimum Gasteiger partial charge on any atom is -0.261 e. The molecule has 1 aliphatic heterocycles. The molecule has 0 spiro atoms. The van der Waals surface area contributed by atoms with Gasteiger partial charge in [0.25, 0.3) is 10.0 Å². The molecule has 1 heterocycles. The van der Waals surface area contributed by atoms with Gasteiger partial charge >= 0.3 is 0 Å². The molecular formula is C17H12BrNO2S. The van der Waals surface area contributed by atoms with Gasteiger partial charge in [-0.1, -0.05) is 52.3 Å². The van der Waals surface area contributed by atoms with Crippen molar-refractivity contribution in [3.8, 4) is 0 Å². The molecule has 3 nitrogen and oxygen atoms in total. The SMILES string of the molecule is O=S1(=O)c2cccc3cccc(c23)N1Cc1cccc(Br)c1. The summed E-state index contributed by atoms with van der Waals surface area (Å²) in [7, 11) is -3.49. The normalized spacial score (nSPS) is 15.4. The molecule has 0 aliphatic carbocycles. The van der Waals surface area contributed by atoms with Crippen LogP contribution >= 0.6 is 15.9 Å². The molecule has 0 atom stereocenters. The van der Waals surface area contributed by atoms with Crippen molar-refractivity contribution in [2.24, 2.45) is 0 Å². The average Bonchev–Trinajstić information content (AvgIpc) is 2.71. The Morgan fingerprint density at radius 1 is 0.955 bits per heavy atom. The van der Waals surface area contributed by atoms with Crippen LogP contribution < -0.4 is 4.31 Å². The minimum absolute atomic E-state index is 0.329. The first kappa shape index (κ1) is 13.8. The summed E-state index contributed by atoms with van der Waals surface area (Å²) in [5.41, 5.74) is 1.70. The lowest BCUT2D eigenvalue weighted by Gasteiger charge is -2.19. The number of anilines is 1. The molecule has 110 valence electrons. The Labute approximate surface area is 137 Å². The molecule has 5 heteroatoms. The molecule has 0 bridgehead atoms. The van der Waals surface area contributed by atoms with Crippen molar-refractivity contribution < 1.29 is 8.42 Å². The van der Waals surface area contributed by atoms with Crippen LogP contribution in [0.25, 0.3) is 10.8 Å². The summed E-state index contributed by atoms with van der Waals surface area (Å²) in [5.74, 6) is 0. The predicted octanol–water partition coefficient (Wildman–Crippen LogP) is 4.31. The molecule has 3 aromatic carbocycles. The molecule has 22 heavy (non-hydrogen) atoms. The van der Waals surface area contributed by atoms with Crippen LogP contribution in [0.15, 0.2) is 70.0 Å². The van der Waals surface area contributed by atoms with Crippen LogP contribution in [0.4, 0.5) is 5.69 Å². The second-order valence-corrected chi connectivity index (χ2v) is 8.02. The summed E-state index contributed by atoms with van der Waals surface area (Å²) in [5, 5.41) is 1.77. The summed E-state index contributed by atoms with van der Waals surface area (Å²) in [6, 6.07) is 18.9. The van der Waals surface area contributed by atoms with Crippen molar-refractivity contribution in [2.75, 3.05) is 4.31 Å². The fourth-order valence-electron chi connectivity index (χ4n) is 2.93. The number of benzene rings is 3. The van der Waals surface area contributed by atoms with Gasteiger partial charge in [-0.15, -0.1) is 0 Å². The second kappa shape index (κ2) is 4.83. The zero-order valence-electron chi connectivity index (χ0n) is 11.5. The molecule has 3 aromatic rings. The fraction of sp³-hybridized carbons (Fsp3) is 0.0588. The van der Waals surface area contributed by atoms with Gasteiger partial charge < -0.3 is 0 Å². The average molecular weight is 374 g/mol. The van der Waals surface area contributed by atoms with Gasteiger partial charge in [-0.25, -0.2) is 8.42 Å². The summed E-state index contributed by atoms with van der Waals surface area (Å²) in [6.07, 6.45) is 0. The van der Waals surface area contributed by atoms with Crippen LogP contribution in [0.5, 0.6) is 0 Å². The molecule has 0 aromatic heterocycles. The summed E-state index contributed by atoms with van der Waals surface area (Å²) in [4.78, 5) is 0.399. The van der Waals surface area contributed by atoms with Crippen LogP contribution in [-0.2, 0) is 16.6 Å². The van der Waals surface area contributed by atoms with E-state index >= 15 is 0 Å². The number of hydrogen-bond donors (Lipinski definition) is 0. The van der Waals surface area contributed by atoms with Gasteiger partial charge in [0.15, 0.2) is 0 Å². The Balaban J connectivity index is 1.90. The number of rotatable bonds is 2. The quantitative estimate of drug-likeness (QED) is 0.670. The number of sulfonamides is 1. The van der Waals surface area contributed by atoms with Crippen molar-refractivity contribution in [1.29, 1.82) is 0 Å². The van der Waals surface area contributed by atoms with Crippen LogP contribution in [-0.4, -0.2) is 8.42 Å². The maximum Gasteiger partial charge on any atom is 0.265 e. The third kappa shape index (κ3) is 1.96. The van der Waals surface area contributed by atoms with E-state index in [1.165, 1.54) is 4.31 Å². The molecule has 0 fully saturated rings. The molecule has 0 N–H and O–H groups in total. The monoisotopic (exact) mass is 373 g/mol. The number of hydrogen-bond acceptors (Lipinski definition) is 2. The molecule has 4 rings (SSSR count). The Kier molecular flexibility index (Phi) is 3.03. The van der Waals surface area contributed by atoms with E-state index in [0.717, 1.165) is 26.5 Å². The first-order chi connectivity index (χ1) is 10.6. The van der Waals surface area contributed by atoms with Crippen molar-refractivity contribution in [2.45, 2.75) is 11.4 Å². The molecule has 0 radical (unpaired) electrons. The molecule has 0 unspecified atom stereocenters. The van der Waals surface area contributed by atoms with Gasteiger partial charge in [-0.3, -0.25) is 4.31 Å². The maximum absolute atomic E-state index is 12.9. The Morgan fingerprint density at radius 2 is 1.68 bits per heavy atom. The van der Waals surface area contributed by atoms with Crippen LogP contribution in [0.2, 0.25) is 0 Å². The molecule has 1 aliphatic rings. The number of halogens is 1. The van der Waals surface area contributed by atoms with E-state index in [0.29, 0.717) is 11.4 Å². The molecular weight excluding hydrogens is 362 g/mol. The Morgan fingerprint density at radius 3 is 2.45 bits per heavy atom. The van der Waals surface area contributed by atoms with E-state index in [9.17, 15) is 8.42 Å². The fourth-order valence-corrected chi connectivity index (χ4v) is 5.07. The summed E-state index contributed by atoms with van der Waals surface area (Å²) < 4.78 is 28.2. The standard InChI is InChI=1S/C17H12BrNO2S/c18-14-7-1-4-12(10-14)11-19-15-8-2-5-13-6-3-9-16(17(13)15)22(19,20)21/h1-10H,11H2. The predicted molar refractivity (Wildman–Crippen MR) is 91.5 cm³/mol.